The van der Waals surface area contributed by atoms with Crippen molar-refractivity contribution in [3.63, 3.8) is 0 Å². The molecule has 3 rings (SSSR count). The van der Waals surface area contributed by atoms with Gasteiger partial charge >= 0.3 is 5.97 Å². The largest absolute Gasteiger partial charge is 0.451 e. The molecular weight excluding hydrogens is 374 g/mol. The van der Waals surface area contributed by atoms with Crippen molar-refractivity contribution >= 4 is 17.8 Å². The van der Waals surface area contributed by atoms with Crippen LogP contribution < -0.4 is 16.0 Å². The van der Waals surface area contributed by atoms with E-state index in [0.29, 0.717) is 19.1 Å². The van der Waals surface area contributed by atoms with Crippen molar-refractivity contribution in [3.8, 4) is 0 Å². The quantitative estimate of drug-likeness (QED) is 0.480. The first-order chi connectivity index (χ1) is 14.0. The minimum atomic E-state index is -0.830. The van der Waals surface area contributed by atoms with Crippen molar-refractivity contribution in [1.29, 1.82) is 0 Å². The van der Waals surface area contributed by atoms with Gasteiger partial charge in [-0.25, -0.2) is 0 Å². The van der Waals surface area contributed by atoms with Gasteiger partial charge in [-0.1, -0.05) is 0 Å². The average Bonchev–Trinajstić information content (AvgIpc) is 2.78. The van der Waals surface area contributed by atoms with Gasteiger partial charge in [0.15, 0.2) is 6.10 Å². The Hall–Kier alpha value is -1.71. The Kier molecular flexibility index (Phi) is 8.26. The van der Waals surface area contributed by atoms with E-state index in [1.807, 2.05) is 0 Å². The zero-order valence-corrected chi connectivity index (χ0v) is 17.5. The monoisotopic (exact) mass is 409 g/mol. The van der Waals surface area contributed by atoms with Gasteiger partial charge < -0.3 is 25.6 Å². The number of carbonyl (C=O) groups excluding carboxylic acids is 3. The summed E-state index contributed by atoms with van der Waals surface area (Å²) in [6.07, 6.45) is 3.04. The summed E-state index contributed by atoms with van der Waals surface area (Å²) in [4.78, 5) is 41.0. The maximum Gasteiger partial charge on any atom is 0.326 e. The number of piperidine rings is 2. The van der Waals surface area contributed by atoms with E-state index in [1.165, 1.54) is 0 Å². The maximum atomic E-state index is 12.6. The fourth-order valence-electron chi connectivity index (χ4n) is 4.41. The highest BCUT2D eigenvalue weighted by Crippen LogP contribution is 2.15. The number of rotatable bonds is 6. The molecule has 0 spiro atoms. The first-order valence-corrected chi connectivity index (χ1v) is 11.0. The molecule has 3 aliphatic rings. The van der Waals surface area contributed by atoms with Gasteiger partial charge in [-0.2, -0.15) is 0 Å². The molecule has 2 amide bonds. The van der Waals surface area contributed by atoms with Crippen LogP contribution in [0, 0.1) is 5.92 Å². The summed E-state index contributed by atoms with van der Waals surface area (Å²) in [6.45, 7) is 8.23. The summed E-state index contributed by atoms with van der Waals surface area (Å²) in [5.74, 6) is -0.898. The van der Waals surface area contributed by atoms with Gasteiger partial charge in [-0.05, 0) is 58.8 Å². The zero-order chi connectivity index (χ0) is 20.6. The number of ether oxygens (including phenoxy) is 1. The predicted molar refractivity (Wildman–Crippen MR) is 108 cm³/mol. The van der Waals surface area contributed by atoms with Gasteiger partial charge in [0.2, 0.25) is 5.91 Å². The normalized spacial score (nSPS) is 23.4. The lowest BCUT2D eigenvalue weighted by Crippen LogP contribution is -2.55. The second-order valence-electron chi connectivity index (χ2n) is 8.22. The Labute approximate surface area is 172 Å². The number of piperazine rings is 1. The van der Waals surface area contributed by atoms with Gasteiger partial charge in [-0.3, -0.25) is 19.3 Å². The highest BCUT2D eigenvalue weighted by molar-refractivity contribution is 5.86. The van der Waals surface area contributed by atoms with E-state index in [1.54, 1.807) is 11.8 Å². The van der Waals surface area contributed by atoms with Crippen molar-refractivity contribution in [3.05, 3.63) is 0 Å². The van der Waals surface area contributed by atoms with Crippen LogP contribution in [0.15, 0.2) is 0 Å². The molecule has 1 atom stereocenters. The molecule has 3 N–H and O–H groups in total. The van der Waals surface area contributed by atoms with E-state index >= 15 is 0 Å². The number of carbonyl (C=O) groups is 3. The molecule has 3 fully saturated rings. The van der Waals surface area contributed by atoms with Crippen LogP contribution in [0.25, 0.3) is 0 Å². The van der Waals surface area contributed by atoms with Crippen molar-refractivity contribution in [2.75, 3.05) is 58.9 Å². The molecule has 9 nitrogen and oxygen atoms in total. The number of amides is 2. The minimum absolute atomic E-state index is 0.0562. The molecule has 0 aliphatic carbocycles. The van der Waals surface area contributed by atoms with E-state index in [0.717, 1.165) is 65.0 Å². The van der Waals surface area contributed by atoms with Crippen molar-refractivity contribution < 1.29 is 19.1 Å². The molecule has 1 unspecified atom stereocenters. The lowest BCUT2D eigenvalue weighted by molar-refractivity contribution is -0.159. The molecule has 0 radical (unpaired) electrons. The molecule has 0 aromatic heterocycles. The van der Waals surface area contributed by atoms with Crippen LogP contribution in [0.2, 0.25) is 0 Å². The fraction of sp³-hybridized carbons (Fsp3) is 0.850. The highest BCUT2D eigenvalue weighted by Gasteiger charge is 2.30. The molecular formula is C20H35N5O4. The molecule has 0 aromatic carbocycles. The summed E-state index contributed by atoms with van der Waals surface area (Å²) in [5, 5.41) is 9.23. The third kappa shape index (κ3) is 6.38. The average molecular weight is 410 g/mol. The lowest BCUT2D eigenvalue weighted by Gasteiger charge is -2.41. The second-order valence-corrected chi connectivity index (χ2v) is 8.22. The van der Waals surface area contributed by atoms with Crippen molar-refractivity contribution in [2.45, 2.75) is 44.8 Å². The lowest BCUT2D eigenvalue weighted by atomic mass is 9.97. The summed E-state index contributed by atoms with van der Waals surface area (Å²) < 4.78 is 5.27. The molecule has 3 aliphatic heterocycles. The van der Waals surface area contributed by atoms with E-state index in [-0.39, 0.29) is 24.3 Å². The van der Waals surface area contributed by atoms with Gasteiger partial charge in [0.1, 0.15) is 6.54 Å². The number of esters is 1. The highest BCUT2D eigenvalue weighted by atomic mass is 16.5. The van der Waals surface area contributed by atoms with E-state index in [2.05, 4.69) is 20.9 Å². The molecule has 3 saturated heterocycles. The first-order valence-electron chi connectivity index (χ1n) is 11.0. The molecule has 29 heavy (non-hydrogen) atoms. The van der Waals surface area contributed by atoms with Crippen LogP contribution in [0.5, 0.6) is 0 Å². The topological polar surface area (TPSA) is 103 Å². The molecule has 9 heteroatoms. The van der Waals surface area contributed by atoms with Gasteiger partial charge in [0, 0.05) is 38.1 Å². The Morgan fingerprint density at radius 3 is 2.17 bits per heavy atom. The van der Waals surface area contributed by atoms with E-state index < -0.39 is 12.1 Å². The smallest absolute Gasteiger partial charge is 0.326 e. The van der Waals surface area contributed by atoms with Crippen LogP contribution in [-0.4, -0.2) is 98.6 Å². The number of hydrogen-bond acceptors (Lipinski definition) is 7. The standard InChI is InChI=1S/C20H35N5O4/c1-15(29-18(26)14-23-19(27)16-2-6-21-7-3-16)20(28)25-12-10-24(11-13-25)17-4-8-22-9-5-17/h15-17,21-22H,2-14H2,1H3,(H,23,27). The van der Waals surface area contributed by atoms with Crippen molar-refractivity contribution in [2.24, 2.45) is 5.92 Å². The molecule has 0 bridgehead atoms. The summed E-state index contributed by atoms with van der Waals surface area (Å²) >= 11 is 0. The number of nitrogens with one attached hydrogen (secondary N) is 3. The third-order valence-corrected chi connectivity index (χ3v) is 6.22. The Bertz CT molecular complexity index is 567. The van der Waals surface area contributed by atoms with Crippen LogP contribution >= 0.6 is 0 Å². The molecule has 0 saturated carbocycles. The Morgan fingerprint density at radius 2 is 1.55 bits per heavy atom. The Balaban J connectivity index is 1.35. The fourth-order valence-corrected chi connectivity index (χ4v) is 4.41. The van der Waals surface area contributed by atoms with Crippen LogP contribution in [0.3, 0.4) is 0 Å². The molecule has 164 valence electrons. The SMILES string of the molecule is CC(OC(=O)CNC(=O)C1CCNCC1)C(=O)N1CCN(C2CCNCC2)CC1. The predicted octanol–water partition coefficient (Wildman–Crippen LogP) is -1.07. The maximum absolute atomic E-state index is 12.6. The number of nitrogens with zero attached hydrogens (tertiary/aromatic N) is 2. The van der Waals surface area contributed by atoms with Gasteiger partial charge in [0.05, 0.1) is 0 Å². The van der Waals surface area contributed by atoms with Gasteiger partial charge in [-0.15, -0.1) is 0 Å². The van der Waals surface area contributed by atoms with Crippen LogP contribution in [0.1, 0.15) is 32.6 Å². The molecule has 3 heterocycles. The van der Waals surface area contributed by atoms with Crippen molar-refractivity contribution in [1.82, 2.24) is 25.8 Å². The second kappa shape index (κ2) is 10.9. The van der Waals surface area contributed by atoms with Gasteiger partial charge in [0.25, 0.3) is 5.91 Å². The van der Waals surface area contributed by atoms with E-state index in [4.69, 9.17) is 4.74 Å². The molecule has 0 aromatic rings. The summed E-state index contributed by atoms with van der Waals surface area (Å²) in [5.41, 5.74) is 0. The van der Waals surface area contributed by atoms with Crippen LogP contribution in [-0.2, 0) is 19.1 Å². The van der Waals surface area contributed by atoms with E-state index in [9.17, 15) is 14.4 Å². The van der Waals surface area contributed by atoms with Crippen LogP contribution in [0.4, 0.5) is 0 Å². The first kappa shape index (κ1) is 22.0. The number of hydrogen-bond donors (Lipinski definition) is 3. The zero-order valence-electron chi connectivity index (χ0n) is 17.5. The third-order valence-electron chi connectivity index (χ3n) is 6.22. The summed E-state index contributed by atoms with van der Waals surface area (Å²) in [7, 11) is 0. The minimum Gasteiger partial charge on any atom is -0.451 e. The Morgan fingerprint density at radius 1 is 0.966 bits per heavy atom. The summed E-state index contributed by atoms with van der Waals surface area (Å²) in [6, 6.07) is 0.604.